The number of rotatable bonds is 3. The molecule has 0 radical (unpaired) electrons. The Hall–Kier alpha value is -0.480. The Morgan fingerprint density at radius 1 is 1.23 bits per heavy atom. The van der Waals surface area contributed by atoms with Crippen molar-refractivity contribution in [2.75, 3.05) is 13.1 Å². The van der Waals surface area contributed by atoms with Crippen LogP contribution in [0.1, 0.15) is 44.9 Å². The van der Waals surface area contributed by atoms with E-state index < -0.39 is 0 Å². The summed E-state index contributed by atoms with van der Waals surface area (Å²) in [4.78, 5) is 2.70. The number of nitrogens with zero attached hydrogens (tertiary/aromatic N) is 1. The van der Waals surface area contributed by atoms with Crippen molar-refractivity contribution in [1.29, 1.82) is 0 Å². The van der Waals surface area contributed by atoms with Crippen molar-refractivity contribution < 1.29 is 0 Å². The van der Waals surface area contributed by atoms with Gasteiger partial charge >= 0.3 is 0 Å². The van der Waals surface area contributed by atoms with Gasteiger partial charge in [0.25, 0.3) is 0 Å². The topological polar surface area (TPSA) is 3.24 Å². The van der Waals surface area contributed by atoms with Gasteiger partial charge < -0.3 is 0 Å². The molecule has 0 aromatic carbocycles. The Bertz CT molecular complexity index is 210. The highest BCUT2D eigenvalue weighted by Gasteiger charge is 2.44. The van der Waals surface area contributed by atoms with E-state index in [-0.39, 0.29) is 0 Å². The summed E-state index contributed by atoms with van der Waals surface area (Å²) in [5.41, 5.74) is 0.647. The second kappa shape index (κ2) is 3.72. The quantitative estimate of drug-likeness (QED) is 0.472. The van der Waals surface area contributed by atoms with Gasteiger partial charge in [-0.2, -0.15) is 0 Å². The van der Waals surface area contributed by atoms with Gasteiger partial charge in [0.05, 0.1) is 0 Å². The summed E-state index contributed by atoms with van der Waals surface area (Å²) >= 11 is 0. The third kappa shape index (κ3) is 1.60. The lowest BCUT2D eigenvalue weighted by Gasteiger charge is -2.46. The molecule has 13 heavy (non-hydrogen) atoms. The molecule has 0 bridgehead atoms. The Morgan fingerprint density at radius 3 is 2.62 bits per heavy atom. The molecule has 0 aromatic heterocycles. The van der Waals surface area contributed by atoms with Gasteiger partial charge in [0.15, 0.2) is 0 Å². The van der Waals surface area contributed by atoms with Gasteiger partial charge in [-0.3, -0.25) is 4.90 Å². The summed E-state index contributed by atoms with van der Waals surface area (Å²) in [7, 11) is 0. The summed E-state index contributed by atoms with van der Waals surface area (Å²) < 4.78 is 0. The molecule has 1 saturated carbocycles. The second-order valence-corrected chi connectivity index (χ2v) is 4.48. The molecular formula is C12H19N. The fourth-order valence-corrected chi connectivity index (χ4v) is 2.87. The molecule has 72 valence electrons. The van der Waals surface area contributed by atoms with Gasteiger partial charge in [-0.1, -0.05) is 0 Å². The van der Waals surface area contributed by atoms with Crippen molar-refractivity contribution in [3.8, 4) is 12.3 Å². The summed E-state index contributed by atoms with van der Waals surface area (Å²) in [5.74, 6) is 2.73. The number of terminal acetylenes is 1. The van der Waals surface area contributed by atoms with E-state index in [0.29, 0.717) is 5.54 Å². The molecule has 0 amide bonds. The third-order valence-corrected chi connectivity index (χ3v) is 3.77. The van der Waals surface area contributed by atoms with Crippen molar-refractivity contribution in [3.63, 3.8) is 0 Å². The minimum Gasteiger partial charge on any atom is -0.298 e. The lowest BCUT2D eigenvalue weighted by atomic mass is 9.75. The van der Waals surface area contributed by atoms with Crippen molar-refractivity contribution in [1.82, 2.24) is 4.90 Å². The van der Waals surface area contributed by atoms with Crippen LogP contribution in [0.2, 0.25) is 0 Å². The Labute approximate surface area is 81.5 Å². The first kappa shape index (κ1) is 9.09. The zero-order chi connectivity index (χ0) is 9.15. The zero-order valence-electron chi connectivity index (χ0n) is 8.39. The van der Waals surface area contributed by atoms with E-state index in [1.54, 1.807) is 0 Å². The van der Waals surface area contributed by atoms with Gasteiger partial charge in [0.1, 0.15) is 0 Å². The maximum Gasteiger partial charge on any atom is 0.0210 e. The largest absolute Gasteiger partial charge is 0.298 e. The molecule has 0 N–H and O–H groups in total. The number of hydrogen-bond acceptors (Lipinski definition) is 1. The van der Waals surface area contributed by atoms with Gasteiger partial charge in [-0.25, -0.2) is 0 Å². The highest BCUT2D eigenvalue weighted by atomic mass is 15.2. The molecule has 2 fully saturated rings. The zero-order valence-corrected chi connectivity index (χ0v) is 8.39. The van der Waals surface area contributed by atoms with E-state index in [2.05, 4.69) is 10.8 Å². The van der Waals surface area contributed by atoms with Crippen molar-refractivity contribution >= 4 is 0 Å². The minimum atomic E-state index is 0.647. The van der Waals surface area contributed by atoms with E-state index in [9.17, 15) is 0 Å². The second-order valence-electron chi connectivity index (χ2n) is 4.48. The number of likely N-dealkylation sites (tertiary alicyclic amines) is 1. The lowest BCUT2D eigenvalue weighted by molar-refractivity contribution is 0.0556. The van der Waals surface area contributed by atoms with Gasteiger partial charge in [0, 0.05) is 12.0 Å². The minimum absolute atomic E-state index is 0.647. The SMILES string of the molecule is C#CCCCN1CCCC12CCC2. The van der Waals surface area contributed by atoms with Gasteiger partial charge in [-0.15, -0.1) is 12.3 Å². The fraction of sp³-hybridized carbons (Fsp3) is 0.833. The number of hydrogen-bond donors (Lipinski definition) is 0. The van der Waals surface area contributed by atoms with E-state index in [1.165, 1.54) is 51.6 Å². The van der Waals surface area contributed by atoms with Crippen LogP contribution < -0.4 is 0 Å². The molecule has 2 aliphatic rings. The van der Waals surface area contributed by atoms with Crippen LogP contribution in [0.15, 0.2) is 0 Å². The molecule has 1 spiro atoms. The van der Waals surface area contributed by atoms with Crippen molar-refractivity contribution in [2.24, 2.45) is 0 Å². The molecule has 1 aliphatic carbocycles. The summed E-state index contributed by atoms with van der Waals surface area (Å²) in [6, 6.07) is 0. The number of unbranched alkanes of at least 4 members (excludes halogenated alkanes) is 1. The van der Waals surface area contributed by atoms with Gasteiger partial charge in [-0.05, 0) is 51.6 Å². The Balaban J connectivity index is 1.81. The maximum atomic E-state index is 5.26. The van der Waals surface area contributed by atoms with E-state index >= 15 is 0 Å². The average Bonchev–Trinajstić information content (AvgIpc) is 2.48. The van der Waals surface area contributed by atoms with Crippen LogP contribution in [0.4, 0.5) is 0 Å². The Morgan fingerprint density at radius 2 is 2.00 bits per heavy atom. The van der Waals surface area contributed by atoms with Crippen LogP contribution in [0.25, 0.3) is 0 Å². The van der Waals surface area contributed by atoms with Crippen LogP contribution in [-0.2, 0) is 0 Å². The standard InChI is InChI=1S/C12H19N/c1-2-3-4-10-13-11-6-9-12(13)7-5-8-12/h1H,3-11H2. The molecular weight excluding hydrogens is 158 g/mol. The van der Waals surface area contributed by atoms with Crippen molar-refractivity contribution in [3.05, 3.63) is 0 Å². The predicted octanol–water partition coefficient (Wildman–Crippen LogP) is 2.42. The highest BCUT2D eigenvalue weighted by Crippen LogP contribution is 2.45. The summed E-state index contributed by atoms with van der Waals surface area (Å²) in [6.45, 7) is 2.56. The Kier molecular flexibility index (Phi) is 2.60. The van der Waals surface area contributed by atoms with Gasteiger partial charge in [0.2, 0.25) is 0 Å². The van der Waals surface area contributed by atoms with E-state index in [4.69, 9.17) is 6.42 Å². The summed E-state index contributed by atoms with van der Waals surface area (Å²) in [6.07, 6.45) is 14.6. The predicted molar refractivity (Wildman–Crippen MR) is 55.5 cm³/mol. The molecule has 0 atom stereocenters. The molecule has 1 aliphatic heterocycles. The molecule has 1 nitrogen and oxygen atoms in total. The monoisotopic (exact) mass is 177 g/mol. The smallest absolute Gasteiger partial charge is 0.0210 e. The third-order valence-electron chi connectivity index (χ3n) is 3.77. The van der Waals surface area contributed by atoms with Crippen LogP contribution in [0, 0.1) is 12.3 Å². The van der Waals surface area contributed by atoms with Crippen molar-refractivity contribution in [2.45, 2.75) is 50.5 Å². The first-order chi connectivity index (χ1) is 6.37. The first-order valence-electron chi connectivity index (χ1n) is 5.56. The fourth-order valence-electron chi connectivity index (χ4n) is 2.87. The molecule has 0 aromatic rings. The highest BCUT2D eigenvalue weighted by molar-refractivity contribution is 5.01. The maximum absolute atomic E-state index is 5.26. The molecule has 2 rings (SSSR count). The van der Waals surface area contributed by atoms with Crippen LogP contribution in [0.3, 0.4) is 0 Å². The molecule has 0 unspecified atom stereocenters. The van der Waals surface area contributed by atoms with Crippen LogP contribution in [-0.4, -0.2) is 23.5 Å². The molecule has 1 heteroatoms. The molecule has 1 saturated heterocycles. The lowest BCUT2D eigenvalue weighted by Crippen LogP contribution is -2.49. The van der Waals surface area contributed by atoms with Crippen LogP contribution >= 0.6 is 0 Å². The first-order valence-corrected chi connectivity index (χ1v) is 5.56. The summed E-state index contributed by atoms with van der Waals surface area (Å²) in [5, 5.41) is 0. The van der Waals surface area contributed by atoms with Crippen LogP contribution in [0.5, 0.6) is 0 Å². The average molecular weight is 177 g/mol. The van der Waals surface area contributed by atoms with E-state index in [1.807, 2.05) is 0 Å². The normalized spacial score (nSPS) is 25.8. The molecule has 1 heterocycles. The van der Waals surface area contributed by atoms with E-state index in [0.717, 1.165) is 6.42 Å².